The van der Waals surface area contributed by atoms with Crippen molar-refractivity contribution in [2.24, 2.45) is 0 Å². The Labute approximate surface area is 147 Å². The van der Waals surface area contributed by atoms with Gasteiger partial charge in [-0.15, -0.1) is 0 Å². The van der Waals surface area contributed by atoms with Crippen LogP contribution in [0, 0.1) is 0 Å². The molecule has 0 saturated carbocycles. The summed E-state index contributed by atoms with van der Waals surface area (Å²) in [5, 5.41) is 2.72. The summed E-state index contributed by atoms with van der Waals surface area (Å²) in [6.07, 6.45) is 2.25. The van der Waals surface area contributed by atoms with Crippen LogP contribution in [0.25, 0.3) is 0 Å². The molecule has 1 aliphatic rings. The molecule has 0 unspecified atom stereocenters. The van der Waals surface area contributed by atoms with Gasteiger partial charge in [-0.1, -0.05) is 18.2 Å². The lowest BCUT2D eigenvalue weighted by molar-refractivity contribution is -0.123. The van der Waals surface area contributed by atoms with Crippen LogP contribution >= 0.6 is 0 Å². The molecule has 1 amide bonds. The quantitative estimate of drug-likeness (QED) is 0.848. The Hall–Kier alpha value is -2.82. The number of carbonyl (C=O) groups excluding carboxylic acids is 2. The van der Waals surface area contributed by atoms with E-state index in [-0.39, 0.29) is 0 Å². The summed E-state index contributed by atoms with van der Waals surface area (Å²) in [5.41, 5.74) is 3.51. The lowest BCUT2D eigenvalue weighted by Crippen LogP contribution is -2.30. The molecule has 0 spiro atoms. The maximum absolute atomic E-state index is 12.3. The molecule has 5 heteroatoms. The van der Waals surface area contributed by atoms with Gasteiger partial charge in [0.15, 0.2) is 6.10 Å². The van der Waals surface area contributed by atoms with E-state index >= 15 is 0 Å². The number of esters is 1. The van der Waals surface area contributed by atoms with Crippen LogP contribution in [-0.4, -0.2) is 25.1 Å². The van der Waals surface area contributed by atoms with Crippen molar-refractivity contribution in [2.75, 3.05) is 12.4 Å². The van der Waals surface area contributed by atoms with Crippen LogP contribution in [0.3, 0.4) is 0 Å². The van der Waals surface area contributed by atoms with Gasteiger partial charge in [0, 0.05) is 0 Å². The van der Waals surface area contributed by atoms with E-state index in [4.69, 9.17) is 9.47 Å². The number of nitrogens with one attached hydrogen (secondary N) is 1. The van der Waals surface area contributed by atoms with Gasteiger partial charge in [-0.05, 0) is 61.6 Å². The zero-order valence-corrected chi connectivity index (χ0v) is 14.4. The van der Waals surface area contributed by atoms with E-state index in [9.17, 15) is 9.59 Å². The second-order valence-corrected chi connectivity index (χ2v) is 6.07. The van der Waals surface area contributed by atoms with Crippen molar-refractivity contribution in [1.29, 1.82) is 0 Å². The fourth-order valence-corrected chi connectivity index (χ4v) is 2.96. The fourth-order valence-electron chi connectivity index (χ4n) is 2.96. The largest absolute Gasteiger partial charge is 0.495 e. The highest BCUT2D eigenvalue weighted by Gasteiger charge is 2.21. The smallest absolute Gasteiger partial charge is 0.338 e. The Morgan fingerprint density at radius 3 is 2.64 bits per heavy atom. The number of benzene rings is 2. The lowest BCUT2D eigenvalue weighted by atomic mass is 10.1. The van der Waals surface area contributed by atoms with Gasteiger partial charge in [0.05, 0.1) is 18.4 Å². The average molecular weight is 339 g/mol. The molecule has 1 atom stereocenters. The number of hydrogen-bond acceptors (Lipinski definition) is 4. The molecule has 0 bridgehead atoms. The van der Waals surface area contributed by atoms with Gasteiger partial charge in [0.1, 0.15) is 5.75 Å². The van der Waals surface area contributed by atoms with Gasteiger partial charge >= 0.3 is 5.97 Å². The molecular formula is C20H21NO4. The van der Waals surface area contributed by atoms with Crippen LogP contribution in [0.4, 0.5) is 5.69 Å². The average Bonchev–Trinajstić information content (AvgIpc) is 3.09. The first-order chi connectivity index (χ1) is 12.1. The molecule has 25 heavy (non-hydrogen) atoms. The van der Waals surface area contributed by atoms with E-state index in [2.05, 4.69) is 5.32 Å². The molecule has 0 fully saturated rings. The Balaban J connectivity index is 1.64. The van der Waals surface area contributed by atoms with Crippen LogP contribution in [0.15, 0.2) is 42.5 Å². The van der Waals surface area contributed by atoms with Crippen molar-refractivity contribution in [1.82, 2.24) is 0 Å². The first-order valence-corrected chi connectivity index (χ1v) is 8.35. The number of carbonyl (C=O) groups is 2. The number of aryl methyl sites for hydroxylation is 2. The monoisotopic (exact) mass is 339 g/mol. The number of amides is 1. The van der Waals surface area contributed by atoms with Crippen molar-refractivity contribution in [3.05, 3.63) is 59.2 Å². The van der Waals surface area contributed by atoms with E-state index in [0.717, 1.165) is 19.3 Å². The summed E-state index contributed by atoms with van der Waals surface area (Å²) in [4.78, 5) is 24.6. The summed E-state index contributed by atoms with van der Waals surface area (Å²) in [6.45, 7) is 1.55. The Morgan fingerprint density at radius 1 is 1.08 bits per heavy atom. The summed E-state index contributed by atoms with van der Waals surface area (Å²) >= 11 is 0. The molecule has 0 aromatic heterocycles. The van der Waals surface area contributed by atoms with Crippen LogP contribution in [-0.2, 0) is 22.4 Å². The number of rotatable bonds is 5. The second-order valence-electron chi connectivity index (χ2n) is 6.07. The molecule has 130 valence electrons. The molecule has 5 nitrogen and oxygen atoms in total. The van der Waals surface area contributed by atoms with Gasteiger partial charge in [-0.25, -0.2) is 4.79 Å². The molecule has 1 N–H and O–H groups in total. The highest BCUT2D eigenvalue weighted by molar-refractivity contribution is 5.98. The topological polar surface area (TPSA) is 64.6 Å². The molecule has 0 aliphatic heterocycles. The second kappa shape index (κ2) is 7.38. The van der Waals surface area contributed by atoms with Crippen molar-refractivity contribution in [3.8, 4) is 5.75 Å². The fraction of sp³-hybridized carbons (Fsp3) is 0.300. The van der Waals surface area contributed by atoms with Gasteiger partial charge in [-0.3, -0.25) is 4.79 Å². The van der Waals surface area contributed by atoms with Crippen molar-refractivity contribution >= 4 is 17.6 Å². The van der Waals surface area contributed by atoms with Crippen molar-refractivity contribution in [3.63, 3.8) is 0 Å². The molecule has 2 aromatic carbocycles. The zero-order valence-electron chi connectivity index (χ0n) is 14.4. The van der Waals surface area contributed by atoms with E-state index in [0.29, 0.717) is 17.0 Å². The molecule has 1 aliphatic carbocycles. The summed E-state index contributed by atoms with van der Waals surface area (Å²) in [5.74, 6) is -0.343. The third kappa shape index (κ3) is 3.82. The Kier molecular flexibility index (Phi) is 5.03. The first kappa shape index (κ1) is 17.0. The van der Waals surface area contributed by atoms with Crippen LogP contribution in [0.5, 0.6) is 5.75 Å². The van der Waals surface area contributed by atoms with Crippen LogP contribution < -0.4 is 10.1 Å². The molecule has 3 rings (SSSR count). The van der Waals surface area contributed by atoms with Gasteiger partial charge in [0.25, 0.3) is 5.91 Å². The van der Waals surface area contributed by atoms with E-state index in [1.807, 2.05) is 18.2 Å². The molecule has 0 saturated heterocycles. The van der Waals surface area contributed by atoms with E-state index in [1.165, 1.54) is 18.2 Å². The van der Waals surface area contributed by atoms with Gasteiger partial charge in [0.2, 0.25) is 0 Å². The van der Waals surface area contributed by atoms with Crippen molar-refractivity contribution in [2.45, 2.75) is 32.3 Å². The summed E-state index contributed by atoms with van der Waals surface area (Å²) in [7, 11) is 1.53. The maximum atomic E-state index is 12.3. The van der Waals surface area contributed by atoms with Crippen LogP contribution in [0.2, 0.25) is 0 Å². The van der Waals surface area contributed by atoms with Gasteiger partial charge in [-0.2, -0.15) is 0 Å². The SMILES string of the molecule is COc1ccccc1NC(=O)[C@@H](C)OC(=O)c1ccc2c(c1)CCC2. The van der Waals surface area contributed by atoms with E-state index in [1.54, 1.807) is 31.2 Å². The van der Waals surface area contributed by atoms with E-state index < -0.39 is 18.0 Å². The molecule has 0 heterocycles. The molecule has 2 aromatic rings. The number of ether oxygens (including phenoxy) is 2. The minimum Gasteiger partial charge on any atom is -0.495 e. The Morgan fingerprint density at radius 2 is 1.84 bits per heavy atom. The number of fused-ring (bicyclic) bond motifs is 1. The number of hydrogen-bond donors (Lipinski definition) is 1. The highest BCUT2D eigenvalue weighted by atomic mass is 16.5. The maximum Gasteiger partial charge on any atom is 0.338 e. The molecule has 0 radical (unpaired) electrons. The third-order valence-corrected chi connectivity index (χ3v) is 4.35. The normalized spacial score (nSPS) is 13.7. The van der Waals surface area contributed by atoms with Crippen molar-refractivity contribution < 1.29 is 19.1 Å². The first-order valence-electron chi connectivity index (χ1n) is 8.35. The number of methoxy groups -OCH3 is 1. The predicted molar refractivity (Wildman–Crippen MR) is 95.0 cm³/mol. The zero-order chi connectivity index (χ0) is 17.8. The van der Waals surface area contributed by atoms with Gasteiger partial charge < -0.3 is 14.8 Å². The minimum atomic E-state index is -0.911. The summed E-state index contributed by atoms with van der Waals surface area (Å²) < 4.78 is 10.5. The highest BCUT2D eigenvalue weighted by Crippen LogP contribution is 2.24. The number of anilines is 1. The number of para-hydroxylation sites is 2. The Bertz CT molecular complexity index is 800. The minimum absolute atomic E-state index is 0.404. The predicted octanol–water partition coefficient (Wildman–Crippen LogP) is 3.37. The third-order valence-electron chi connectivity index (χ3n) is 4.35. The standard InChI is InChI=1S/C20H21NO4/c1-13(19(22)21-17-8-3-4-9-18(17)24-2)25-20(23)16-11-10-14-6-5-7-15(14)12-16/h3-4,8-13H,5-7H2,1-2H3,(H,21,22)/t13-/m1/s1. The van der Waals surface area contributed by atoms with Crippen LogP contribution in [0.1, 0.15) is 34.8 Å². The molecular weight excluding hydrogens is 318 g/mol. The lowest BCUT2D eigenvalue weighted by Gasteiger charge is -2.15. The summed E-state index contributed by atoms with van der Waals surface area (Å²) in [6, 6.07) is 12.7.